The summed E-state index contributed by atoms with van der Waals surface area (Å²) in [5.74, 6) is 5.07. The molecule has 2 rings (SSSR count). The van der Waals surface area contributed by atoms with E-state index in [2.05, 4.69) is 5.43 Å². The van der Waals surface area contributed by atoms with Gasteiger partial charge in [-0.2, -0.15) is 0 Å². The van der Waals surface area contributed by atoms with Crippen LogP contribution in [0.15, 0.2) is 18.2 Å². The van der Waals surface area contributed by atoms with Crippen molar-refractivity contribution in [2.24, 2.45) is 5.84 Å². The molecule has 1 aromatic carbocycles. The minimum absolute atomic E-state index is 0.0455. The first-order valence-electron chi connectivity index (χ1n) is 6.14. The molecule has 3 N–H and O–H groups in total. The number of rotatable bonds is 4. The molecule has 0 radical (unpaired) electrons. The Kier molecular flexibility index (Phi) is 4.16. The van der Waals surface area contributed by atoms with E-state index in [9.17, 15) is 14.9 Å². The zero-order valence-corrected chi connectivity index (χ0v) is 11.0. The van der Waals surface area contributed by atoms with Crippen molar-refractivity contribution < 1.29 is 14.5 Å². The molecular formula is C12H16N4O4. The average Bonchev–Trinajstić information content (AvgIpc) is 2.94. The molecule has 0 spiro atoms. The van der Waals surface area contributed by atoms with Crippen LogP contribution < -0.4 is 11.3 Å². The van der Waals surface area contributed by atoms with E-state index >= 15 is 0 Å². The Morgan fingerprint density at radius 3 is 2.90 bits per heavy atom. The molecule has 1 saturated heterocycles. The molecule has 1 heterocycles. The predicted octanol–water partition coefficient (Wildman–Crippen LogP) is 0.741. The number of nitrogens with two attached hydrogens (primary N) is 1. The number of methoxy groups -OCH3 is 1. The van der Waals surface area contributed by atoms with Gasteiger partial charge in [0.1, 0.15) is 5.69 Å². The smallest absolute Gasteiger partial charge is 0.293 e. The lowest BCUT2D eigenvalue weighted by Gasteiger charge is -2.16. The summed E-state index contributed by atoms with van der Waals surface area (Å²) in [4.78, 5) is 24.2. The molecule has 108 valence electrons. The molecule has 20 heavy (non-hydrogen) atoms. The summed E-state index contributed by atoms with van der Waals surface area (Å²) in [5.41, 5.74) is 2.55. The third kappa shape index (κ3) is 2.70. The van der Waals surface area contributed by atoms with E-state index in [0.29, 0.717) is 18.7 Å². The highest BCUT2D eigenvalue weighted by Gasteiger charge is 2.27. The van der Waals surface area contributed by atoms with Gasteiger partial charge in [-0.3, -0.25) is 20.8 Å². The number of carbonyl (C=O) groups excluding carboxylic acids is 1. The largest absolute Gasteiger partial charge is 0.380 e. The number of amides is 1. The maximum absolute atomic E-state index is 12.3. The second-order valence-corrected chi connectivity index (χ2v) is 4.53. The number of anilines is 1. The average molecular weight is 280 g/mol. The van der Waals surface area contributed by atoms with Crippen LogP contribution in [-0.2, 0) is 4.74 Å². The number of hydrogen-bond acceptors (Lipinski definition) is 6. The molecule has 1 atom stereocenters. The summed E-state index contributed by atoms with van der Waals surface area (Å²) in [6.45, 7) is 1.14. The van der Waals surface area contributed by atoms with Crippen LogP contribution >= 0.6 is 0 Å². The normalized spacial score (nSPS) is 18.1. The molecule has 1 amide bonds. The molecule has 1 aliphatic heterocycles. The van der Waals surface area contributed by atoms with Gasteiger partial charge >= 0.3 is 0 Å². The van der Waals surface area contributed by atoms with Crippen LogP contribution in [-0.4, -0.2) is 42.0 Å². The van der Waals surface area contributed by atoms with E-state index in [0.717, 1.165) is 6.42 Å². The highest BCUT2D eigenvalue weighted by Crippen LogP contribution is 2.26. The number of benzene rings is 1. The Labute approximate surface area is 115 Å². The number of likely N-dealkylation sites (tertiary alicyclic amines) is 1. The van der Waals surface area contributed by atoms with Crippen LogP contribution in [0.3, 0.4) is 0 Å². The maximum atomic E-state index is 12.3. The summed E-state index contributed by atoms with van der Waals surface area (Å²) >= 11 is 0. The minimum Gasteiger partial charge on any atom is -0.380 e. The maximum Gasteiger partial charge on any atom is 0.293 e. The second kappa shape index (κ2) is 5.85. The lowest BCUT2D eigenvalue weighted by atomic mass is 10.1. The van der Waals surface area contributed by atoms with Crippen LogP contribution in [0, 0.1) is 10.1 Å². The van der Waals surface area contributed by atoms with Crippen molar-refractivity contribution in [1.29, 1.82) is 0 Å². The van der Waals surface area contributed by atoms with Gasteiger partial charge in [0, 0.05) is 31.8 Å². The number of nitro groups is 1. The van der Waals surface area contributed by atoms with Gasteiger partial charge in [-0.15, -0.1) is 0 Å². The van der Waals surface area contributed by atoms with Gasteiger partial charge in [0.25, 0.3) is 11.6 Å². The van der Waals surface area contributed by atoms with Crippen molar-refractivity contribution in [1.82, 2.24) is 4.90 Å². The van der Waals surface area contributed by atoms with E-state index in [4.69, 9.17) is 10.6 Å². The number of nitro benzene ring substituents is 1. The van der Waals surface area contributed by atoms with Crippen LogP contribution in [0.4, 0.5) is 11.4 Å². The van der Waals surface area contributed by atoms with Gasteiger partial charge in [-0.05, 0) is 18.6 Å². The molecule has 1 aliphatic rings. The Balaban J connectivity index is 2.21. The quantitative estimate of drug-likeness (QED) is 0.478. The SMILES string of the molecule is COC1CCN(C(=O)c2ccc([N+](=O)[O-])c(NN)c2)C1. The van der Waals surface area contributed by atoms with Crippen molar-refractivity contribution in [3.63, 3.8) is 0 Å². The Hall–Kier alpha value is -2.19. The summed E-state index contributed by atoms with van der Waals surface area (Å²) in [6.07, 6.45) is 0.834. The number of ether oxygens (including phenoxy) is 1. The Bertz CT molecular complexity index is 534. The van der Waals surface area contributed by atoms with E-state index < -0.39 is 4.92 Å². The lowest BCUT2D eigenvalue weighted by Crippen LogP contribution is -2.30. The van der Waals surface area contributed by atoms with Crippen LogP contribution in [0.1, 0.15) is 16.8 Å². The van der Waals surface area contributed by atoms with Gasteiger partial charge in [-0.1, -0.05) is 0 Å². The topological polar surface area (TPSA) is 111 Å². The first-order chi connectivity index (χ1) is 9.56. The summed E-state index contributed by atoms with van der Waals surface area (Å²) in [5, 5.41) is 10.8. The van der Waals surface area contributed by atoms with E-state index in [1.165, 1.54) is 18.2 Å². The van der Waals surface area contributed by atoms with Crippen LogP contribution in [0.5, 0.6) is 0 Å². The summed E-state index contributed by atoms with van der Waals surface area (Å²) < 4.78 is 5.21. The van der Waals surface area contributed by atoms with Crippen molar-refractivity contribution in [3.8, 4) is 0 Å². The first-order valence-corrected chi connectivity index (χ1v) is 6.14. The van der Waals surface area contributed by atoms with Crippen molar-refractivity contribution in [3.05, 3.63) is 33.9 Å². The van der Waals surface area contributed by atoms with Crippen molar-refractivity contribution in [2.45, 2.75) is 12.5 Å². The number of nitrogen functional groups attached to an aromatic ring is 1. The van der Waals surface area contributed by atoms with E-state index in [1.54, 1.807) is 12.0 Å². The fraction of sp³-hybridized carbons (Fsp3) is 0.417. The molecule has 0 bridgehead atoms. The van der Waals surface area contributed by atoms with Crippen molar-refractivity contribution >= 4 is 17.3 Å². The lowest BCUT2D eigenvalue weighted by molar-refractivity contribution is -0.384. The molecule has 1 aromatic rings. The molecule has 0 saturated carbocycles. The van der Waals surface area contributed by atoms with Gasteiger partial charge in [0.15, 0.2) is 0 Å². The fourth-order valence-electron chi connectivity index (χ4n) is 2.23. The highest BCUT2D eigenvalue weighted by molar-refractivity contribution is 5.96. The number of hydrazine groups is 1. The van der Waals surface area contributed by atoms with Gasteiger partial charge in [0.2, 0.25) is 0 Å². The third-order valence-corrected chi connectivity index (χ3v) is 3.36. The molecule has 8 nitrogen and oxygen atoms in total. The minimum atomic E-state index is -0.555. The highest BCUT2D eigenvalue weighted by atomic mass is 16.6. The number of carbonyl (C=O) groups is 1. The van der Waals surface area contributed by atoms with Gasteiger partial charge in [-0.25, -0.2) is 0 Å². The van der Waals surface area contributed by atoms with Crippen molar-refractivity contribution in [2.75, 3.05) is 25.6 Å². The van der Waals surface area contributed by atoms with E-state index in [-0.39, 0.29) is 23.4 Å². The second-order valence-electron chi connectivity index (χ2n) is 4.53. The zero-order chi connectivity index (χ0) is 14.7. The standard InChI is InChI=1S/C12H16N4O4/c1-20-9-4-5-15(7-9)12(17)8-2-3-11(16(18)19)10(6-8)14-13/h2-3,6,9,14H,4-5,7,13H2,1H3. The Morgan fingerprint density at radius 1 is 1.60 bits per heavy atom. The number of nitrogens with zero attached hydrogens (tertiary/aromatic N) is 2. The van der Waals surface area contributed by atoms with Gasteiger partial charge < -0.3 is 15.1 Å². The predicted molar refractivity (Wildman–Crippen MR) is 72.2 cm³/mol. The molecular weight excluding hydrogens is 264 g/mol. The van der Waals surface area contributed by atoms with Gasteiger partial charge in [0.05, 0.1) is 11.0 Å². The fourth-order valence-corrected chi connectivity index (χ4v) is 2.23. The number of nitrogens with one attached hydrogen (secondary N) is 1. The molecule has 1 fully saturated rings. The van der Waals surface area contributed by atoms with E-state index in [1.807, 2.05) is 0 Å². The summed E-state index contributed by atoms with van der Waals surface area (Å²) in [7, 11) is 1.61. The first kappa shape index (κ1) is 14.2. The van der Waals surface area contributed by atoms with Crippen LogP contribution in [0.2, 0.25) is 0 Å². The third-order valence-electron chi connectivity index (χ3n) is 3.36. The van der Waals surface area contributed by atoms with Crippen LogP contribution in [0.25, 0.3) is 0 Å². The zero-order valence-electron chi connectivity index (χ0n) is 11.0. The monoisotopic (exact) mass is 280 g/mol. The summed E-state index contributed by atoms with van der Waals surface area (Å²) in [6, 6.07) is 4.09. The Morgan fingerprint density at radius 2 is 2.35 bits per heavy atom. The number of hydrogen-bond donors (Lipinski definition) is 2. The molecule has 0 aromatic heterocycles. The molecule has 0 aliphatic carbocycles. The molecule has 1 unspecified atom stereocenters. The molecule has 8 heteroatoms.